The van der Waals surface area contributed by atoms with Crippen molar-refractivity contribution >= 4 is 23.1 Å². The number of rotatable bonds is 2. The summed E-state index contributed by atoms with van der Waals surface area (Å²) < 4.78 is 6.25. The first-order chi connectivity index (χ1) is 14.7. The van der Waals surface area contributed by atoms with Gasteiger partial charge in [-0.05, 0) is 57.3 Å². The number of hydrogen-bond donors (Lipinski definition) is 1. The van der Waals surface area contributed by atoms with Gasteiger partial charge >= 0.3 is 0 Å². The van der Waals surface area contributed by atoms with Gasteiger partial charge in [0.05, 0.1) is 5.56 Å². The molecule has 2 aromatic rings. The molecule has 6 nitrogen and oxygen atoms in total. The van der Waals surface area contributed by atoms with Crippen molar-refractivity contribution in [1.82, 2.24) is 9.80 Å². The monoisotopic (exact) mass is 420 g/mol. The van der Waals surface area contributed by atoms with Crippen LogP contribution in [0.25, 0.3) is 0 Å². The number of benzene rings is 2. The Morgan fingerprint density at radius 2 is 1.81 bits per heavy atom. The van der Waals surface area contributed by atoms with Crippen LogP contribution in [-0.2, 0) is 4.79 Å². The van der Waals surface area contributed by atoms with Crippen LogP contribution < -0.4 is 10.1 Å². The van der Waals surface area contributed by atoms with E-state index >= 15 is 0 Å². The second-order valence-electron chi connectivity index (χ2n) is 9.60. The number of hydrogen-bond acceptors (Lipinski definition) is 5. The lowest BCUT2D eigenvalue weighted by Gasteiger charge is -2.37. The molecule has 0 aromatic heterocycles. The number of para-hydroxylation sites is 2. The number of ether oxygens (including phenoxy) is 1. The molecule has 4 rings (SSSR count). The summed E-state index contributed by atoms with van der Waals surface area (Å²) in [7, 11) is 4.29. The molecule has 2 heterocycles. The van der Waals surface area contributed by atoms with E-state index < -0.39 is 5.41 Å². The van der Waals surface area contributed by atoms with Crippen molar-refractivity contribution in [3.05, 3.63) is 48.0 Å². The van der Waals surface area contributed by atoms with Gasteiger partial charge in [0.25, 0.3) is 0 Å². The van der Waals surface area contributed by atoms with E-state index in [0.29, 0.717) is 6.04 Å². The predicted molar refractivity (Wildman–Crippen MR) is 126 cm³/mol. The van der Waals surface area contributed by atoms with E-state index in [9.17, 15) is 4.79 Å². The Morgan fingerprint density at radius 1 is 1.10 bits per heavy atom. The smallest absolute Gasteiger partial charge is 0.229 e. The Bertz CT molecular complexity index is 999. The molecule has 0 bridgehead atoms. The predicted octanol–water partition coefficient (Wildman–Crippen LogP) is 4.88. The number of nitrogens with zero attached hydrogens (tertiary/aromatic N) is 3. The third kappa shape index (κ3) is 4.59. The number of anilines is 1. The number of amides is 1. The number of carbonyl (C=O) groups is 1. The van der Waals surface area contributed by atoms with Gasteiger partial charge in [-0.25, -0.2) is 4.99 Å². The lowest BCUT2D eigenvalue weighted by molar-refractivity contribution is -0.123. The molecule has 1 fully saturated rings. The Hall–Kier alpha value is -2.86. The number of piperidine rings is 1. The number of nitrogens with one attached hydrogen (secondary N) is 1. The molecule has 0 unspecified atom stereocenters. The molecule has 2 aliphatic heterocycles. The van der Waals surface area contributed by atoms with E-state index in [-0.39, 0.29) is 5.91 Å². The molecule has 2 aromatic carbocycles. The maximum Gasteiger partial charge on any atom is 0.229 e. The fourth-order valence-corrected chi connectivity index (χ4v) is 3.95. The molecular weight excluding hydrogens is 388 g/mol. The maximum absolute atomic E-state index is 12.5. The van der Waals surface area contributed by atoms with Gasteiger partial charge in [0, 0.05) is 30.2 Å². The van der Waals surface area contributed by atoms with Gasteiger partial charge in [-0.15, -0.1) is 0 Å². The number of amidine groups is 1. The lowest BCUT2D eigenvalue weighted by atomic mass is 9.95. The molecule has 164 valence electrons. The molecule has 0 spiro atoms. The van der Waals surface area contributed by atoms with E-state index in [4.69, 9.17) is 9.73 Å². The van der Waals surface area contributed by atoms with Crippen molar-refractivity contribution in [2.24, 2.45) is 10.4 Å². The third-order valence-electron chi connectivity index (χ3n) is 5.97. The molecule has 1 saturated heterocycles. The average Bonchev–Trinajstić information content (AvgIpc) is 2.89. The quantitative estimate of drug-likeness (QED) is 0.752. The molecule has 0 radical (unpaired) electrons. The second kappa shape index (κ2) is 8.35. The lowest BCUT2D eigenvalue weighted by Crippen LogP contribution is -2.44. The van der Waals surface area contributed by atoms with Gasteiger partial charge < -0.3 is 19.9 Å². The van der Waals surface area contributed by atoms with E-state index in [1.807, 2.05) is 63.2 Å². The zero-order valence-electron chi connectivity index (χ0n) is 19.1. The fourth-order valence-electron chi connectivity index (χ4n) is 3.95. The molecule has 0 atom stereocenters. The molecule has 1 amide bonds. The highest BCUT2D eigenvalue weighted by Crippen LogP contribution is 2.39. The first kappa shape index (κ1) is 21.4. The van der Waals surface area contributed by atoms with Gasteiger partial charge in [0.2, 0.25) is 5.91 Å². The summed E-state index contributed by atoms with van der Waals surface area (Å²) in [6, 6.07) is 14.3. The van der Waals surface area contributed by atoms with Crippen LogP contribution in [0.3, 0.4) is 0 Å². The van der Waals surface area contributed by atoms with Crippen molar-refractivity contribution in [3.8, 4) is 11.5 Å². The summed E-state index contributed by atoms with van der Waals surface area (Å²) in [5, 5.41) is 3.04. The van der Waals surface area contributed by atoms with E-state index in [2.05, 4.69) is 29.2 Å². The highest BCUT2D eigenvalue weighted by molar-refractivity contribution is 6.05. The number of carbonyl (C=O) groups excluding carboxylic acids is 1. The fraction of sp³-hybridized carbons (Fsp3) is 0.440. The SMILES string of the molecule is CN(C)C1CCN(C2=Nc3ccccc3Oc3ccc(NC(=O)C(C)(C)C)cc32)CC1. The molecule has 1 N–H and O–H groups in total. The summed E-state index contributed by atoms with van der Waals surface area (Å²) in [6.07, 6.45) is 2.18. The third-order valence-corrected chi connectivity index (χ3v) is 5.97. The van der Waals surface area contributed by atoms with Crippen LogP contribution in [0.5, 0.6) is 11.5 Å². The van der Waals surface area contributed by atoms with Crippen LogP contribution in [0.2, 0.25) is 0 Å². The van der Waals surface area contributed by atoms with Gasteiger partial charge in [0.15, 0.2) is 5.75 Å². The molecule has 0 saturated carbocycles. The highest BCUT2D eigenvalue weighted by atomic mass is 16.5. The summed E-state index contributed by atoms with van der Waals surface area (Å²) in [4.78, 5) is 22.2. The summed E-state index contributed by atoms with van der Waals surface area (Å²) >= 11 is 0. The number of likely N-dealkylation sites (tertiary alicyclic amines) is 1. The number of aliphatic imine (C=N–C) groups is 1. The largest absolute Gasteiger partial charge is 0.454 e. The van der Waals surface area contributed by atoms with Crippen LogP contribution >= 0.6 is 0 Å². The van der Waals surface area contributed by atoms with E-state index in [0.717, 1.165) is 60.2 Å². The summed E-state index contributed by atoms with van der Waals surface area (Å²) in [5.74, 6) is 2.39. The average molecular weight is 421 g/mol. The van der Waals surface area contributed by atoms with Crippen molar-refractivity contribution < 1.29 is 9.53 Å². The van der Waals surface area contributed by atoms with Crippen LogP contribution in [-0.4, -0.2) is 54.8 Å². The molecular formula is C25H32N4O2. The van der Waals surface area contributed by atoms with Crippen molar-refractivity contribution in [2.45, 2.75) is 39.7 Å². The van der Waals surface area contributed by atoms with Crippen LogP contribution in [0.15, 0.2) is 47.5 Å². The van der Waals surface area contributed by atoms with Gasteiger partial charge in [-0.3, -0.25) is 4.79 Å². The molecule has 6 heteroatoms. The Morgan fingerprint density at radius 3 is 2.48 bits per heavy atom. The van der Waals surface area contributed by atoms with Gasteiger partial charge in [-0.1, -0.05) is 32.9 Å². The normalized spacial score (nSPS) is 16.7. The molecule has 31 heavy (non-hydrogen) atoms. The van der Waals surface area contributed by atoms with Crippen LogP contribution in [0.4, 0.5) is 11.4 Å². The van der Waals surface area contributed by atoms with Crippen molar-refractivity contribution in [2.75, 3.05) is 32.5 Å². The highest BCUT2D eigenvalue weighted by Gasteiger charge is 2.28. The minimum Gasteiger partial charge on any atom is -0.454 e. The topological polar surface area (TPSA) is 57.2 Å². The Kier molecular flexibility index (Phi) is 5.75. The zero-order valence-corrected chi connectivity index (χ0v) is 19.1. The zero-order chi connectivity index (χ0) is 22.2. The van der Waals surface area contributed by atoms with Crippen molar-refractivity contribution in [3.63, 3.8) is 0 Å². The minimum atomic E-state index is -0.468. The van der Waals surface area contributed by atoms with Crippen LogP contribution in [0.1, 0.15) is 39.2 Å². The summed E-state index contributed by atoms with van der Waals surface area (Å²) in [6.45, 7) is 7.59. The minimum absolute atomic E-state index is 0.0180. The number of fused-ring (bicyclic) bond motifs is 2. The standard InChI is InChI=1S/C25H32N4O2/c1-25(2,3)24(30)26-17-10-11-21-19(16-17)23(27-20-8-6-7-9-22(20)31-21)29-14-12-18(13-15-29)28(4)5/h6-11,16,18H,12-15H2,1-5H3,(H,26,30). The van der Waals surface area contributed by atoms with E-state index in [1.54, 1.807) is 0 Å². The first-order valence-electron chi connectivity index (χ1n) is 11.0. The Labute approximate surface area is 184 Å². The molecule has 2 aliphatic rings. The summed E-state index contributed by atoms with van der Waals surface area (Å²) in [5.41, 5.74) is 2.02. The second-order valence-corrected chi connectivity index (χ2v) is 9.60. The van der Waals surface area contributed by atoms with Gasteiger partial charge in [-0.2, -0.15) is 0 Å². The first-order valence-corrected chi connectivity index (χ1v) is 11.0. The van der Waals surface area contributed by atoms with Crippen molar-refractivity contribution in [1.29, 1.82) is 0 Å². The van der Waals surface area contributed by atoms with Crippen LogP contribution in [0, 0.1) is 5.41 Å². The maximum atomic E-state index is 12.5. The van der Waals surface area contributed by atoms with E-state index in [1.165, 1.54) is 0 Å². The molecule has 0 aliphatic carbocycles. The Balaban J connectivity index is 1.72. The van der Waals surface area contributed by atoms with Gasteiger partial charge in [0.1, 0.15) is 17.3 Å².